The summed E-state index contributed by atoms with van der Waals surface area (Å²) in [5.41, 5.74) is 5.72. The molecule has 21 heavy (non-hydrogen) atoms. The Hall–Kier alpha value is -1.72. The van der Waals surface area contributed by atoms with E-state index in [1.54, 1.807) is 0 Å². The molecule has 0 radical (unpaired) electrons. The fourth-order valence-electron chi connectivity index (χ4n) is 2.59. The predicted molar refractivity (Wildman–Crippen MR) is 85.6 cm³/mol. The molecule has 1 fully saturated rings. The van der Waals surface area contributed by atoms with Crippen LogP contribution in [-0.4, -0.2) is 15.7 Å². The minimum atomic E-state index is -0.355. The number of hydrogen-bond acceptors (Lipinski definition) is 4. The van der Waals surface area contributed by atoms with Gasteiger partial charge in [-0.25, -0.2) is 4.79 Å². The largest absolute Gasteiger partial charge is 0.383 e. The Bertz CT molecular complexity index is 626. The van der Waals surface area contributed by atoms with Gasteiger partial charge >= 0.3 is 5.69 Å². The fraction of sp³-hybridized carbons (Fsp3) is 0.733. The molecular formula is C15H26N4O2. The molecule has 1 saturated carbocycles. The lowest BCUT2D eigenvalue weighted by molar-refractivity contribution is 0.493. The van der Waals surface area contributed by atoms with Gasteiger partial charge in [-0.2, -0.15) is 0 Å². The lowest BCUT2D eigenvalue weighted by Crippen LogP contribution is -2.41. The Kier molecular flexibility index (Phi) is 4.44. The highest BCUT2D eigenvalue weighted by molar-refractivity contribution is 5.60. The first-order valence-electron chi connectivity index (χ1n) is 7.66. The number of rotatable bonds is 6. The first kappa shape index (κ1) is 15.7. The van der Waals surface area contributed by atoms with E-state index in [0.29, 0.717) is 24.7 Å². The van der Waals surface area contributed by atoms with Crippen molar-refractivity contribution in [2.45, 2.75) is 40.2 Å². The van der Waals surface area contributed by atoms with Crippen molar-refractivity contribution in [3.8, 4) is 0 Å². The maximum atomic E-state index is 12.3. The highest BCUT2D eigenvalue weighted by atomic mass is 16.2. The van der Waals surface area contributed by atoms with Crippen molar-refractivity contribution in [2.75, 3.05) is 17.6 Å². The van der Waals surface area contributed by atoms with Gasteiger partial charge in [-0.15, -0.1) is 0 Å². The molecule has 2 rings (SSSR count). The maximum Gasteiger partial charge on any atom is 0.332 e. The van der Waals surface area contributed by atoms with Gasteiger partial charge in [0.05, 0.1) is 0 Å². The summed E-state index contributed by atoms with van der Waals surface area (Å²) in [6.45, 7) is 7.42. The van der Waals surface area contributed by atoms with Crippen molar-refractivity contribution in [3.05, 3.63) is 20.8 Å². The molecule has 0 aromatic carbocycles. The summed E-state index contributed by atoms with van der Waals surface area (Å²) in [7, 11) is 1.50. The average Bonchev–Trinajstić information content (AvgIpc) is 3.25. The number of aromatic nitrogens is 2. The quantitative estimate of drug-likeness (QED) is 0.827. The Labute approximate surface area is 125 Å². The van der Waals surface area contributed by atoms with Crippen LogP contribution in [0.25, 0.3) is 0 Å². The summed E-state index contributed by atoms with van der Waals surface area (Å²) in [6, 6.07) is 0. The number of nitrogens with two attached hydrogens (primary N) is 1. The third-order valence-electron chi connectivity index (χ3n) is 4.16. The van der Waals surface area contributed by atoms with Crippen LogP contribution in [0.15, 0.2) is 9.59 Å². The van der Waals surface area contributed by atoms with E-state index in [4.69, 9.17) is 5.73 Å². The smallest absolute Gasteiger partial charge is 0.332 e. The molecule has 3 N–H and O–H groups in total. The van der Waals surface area contributed by atoms with Gasteiger partial charge in [-0.3, -0.25) is 13.9 Å². The minimum absolute atomic E-state index is 0.250. The molecule has 0 saturated heterocycles. The normalized spacial score (nSPS) is 16.2. The summed E-state index contributed by atoms with van der Waals surface area (Å²) < 4.78 is 2.61. The van der Waals surface area contributed by atoms with Gasteiger partial charge in [0, 0.05) is 20.1 Å². The predicted octanol–water partition coefficient (Wildman–Crippen LogP) is 1.24. The molecule has 1 aliphatic carbocycles. The van der Waals surface area contributed by atoms with Crippen molar-refractivity contribution in [1.29, 1.82) is 0 Å². The summed E-state index contributed by atoms with van der Waals surface area (Å²) in [6.07, 6.45) is 2.53. The minimum Gasteiger partial charge on any atom is -0.383 e. The highest BCUT2D eigenvalue weighted by Gasteiger charge is 2.28. The van der Waals surface area contributed by atoms with Gasteiger partial charge in [0.2, 0.25) is 0 Å². The van der Waals surface area contributed by atoms with E-state index in [2.05, 4.69) is 12.2 Å². The number of anilines is 2. The van der Waals surface area contributed by atoms with Crippen molar-refractivity contribution in [3.63, 3.8) is 0 Å². The monoisotopic (exact) mass is 294 g/mol. The molecule has 0 amide bonds. The second-order valence-corrected chi connectivity index (χ2v) is 6.61. The molecule has 6 heteroatoms. The first-order chi connectivity index (χ1) is 9.82. The second-order valence-electron chi connectivity index (χ2n) is 6.61. The zero-order chi connectivity index (χ0) is 15.7. The van der Waals surface area contributed by atoms with Crippen LogP contribution in [0.2, 0.25) is 0 Å². The molecule has 1 atom stereocenters. The summed E-state index contributed by atoms with van der Waals surface area (Å²) >= 11 is 0. The SMILES string of the molecule is CC(C)Cn1c(N)c(NCC(C)C2CC2)c(=O)n(C)c1=O. The number of nitrogens with one attached hydrogen (secondary N) is 1. The first-order valence-corrected chi connectivity index (χ1v) is 7.66. The van der Waals surface area contributed by atoms with Gasteiger partial charge in [0.25, 0.3) is 5.56 Å². The van der Waals surface area contributed by atoms with Gasteiger partial charge in [0.1, 0.15) is 11.5 Å². The van der Waals surface area contributed by atoms with Gasteiger partial charge in [-0.05, 0) is 30.6 Å². The summed E-state index contributed by atoms with van der Waals surface area (Å²) in [5.74, 6) is 1.80. The average molecular weight is 294 g/mol. The van der Waals surface area contributed by atoms with Crippen LogP contribution in [-0.2, 0) is 13.6 Å². The zero-order valence-electron chi connectivity index (χ0n) is 13.3. The van der Waals surface area contributed by atoms with Gasteiger partial charge in [-0.1, -0.05) is 20.8 Å². The lowest BCUT2D eigenvalue weighted by atomic mass is 10.1. The van der Waals surface area contributed by atoms with Crippen LogP contribution >= 0.6 is 0 Å². The Morgan fingerprint density at radius 3 is 2.43 bits per heavy atom. The zero-order valence-corrected chi connectivity index (χ0v) is 13.3. The van der Waals surface area contributed by atoms with Crippen molar-refractivity contribution < 1.29 is 0 Å². The highest BCUT2D eigenvalue weighted by Crippen LogP contribution is 2.36. The standard InChI is InChI=1S/C15H26N4O2/c1-9(2)8-19-13(16)12(14(20)18(4)15(19)21)17-7-10(3)11-5-6-11/h9-11,17H,5-8,16H2,1-4H3. The van der Waals surface area contributed by atoms with E-state index in [9.17, 15) is 9.59 Å². The summed E-state index contributed by atoms with van der Waals surface area (Å²) in [4.78, 5) is 24.4. The molecule has 1 aromatic heterocycles. The van der Waals surface area contributed by atoms with E-state index in [1.807, 2.05) is 13.8 Å². The van der Waals surface area contributed by atoms with Crippen LogP contribution in [0.3, 0.4) is 0 Å². The number of hydrogen-bond donors (Lipinski definition) is 2. The van der Waals surface area contributed by atoms with E-state index in [1.165, 1.54) is 24.5 Å². The van der Waals surface area contributed by atoms with Crippen molar-refractivity contribution in [2.24, 2.45) is 24.8 Å². The van der Waals surface area contributed by atoms with Gasteiger partial charge in [0.15, 0.2) is 0 Å². The molecule has 0 spiro atoms. The van der Waals surface area contributed by atoms with Gasteiger partial charge < -0.3 is 11.1 Å². The number of nitrogens with zero attached hydrogens (tertiary/aromatic N) is 2. The molecule has 6 nitrogen and oxygen atoms in total. The van der Waals surface area contributed by atoms with Crippen LogP contribution in [0, 0.1) is 17.8 Å². The van der Waals surface area contributed by atoms with E-state index in [0.717, 1.165) is 10.5 Å². The Morgan fingerprint density at radius 2 is 1.90 bits per heavy atom. The van der Waals surface area contributed by atoms with E-state index < -0.39 is 0 Å². The maximum absolute atomic E-state index is 12.3. The third kappa shape index (κ3) is 3.31. The van der Waals surface area contributed by atoms with E-state index >= 15 is 0 Å². The molecular weight excluding hydrogens is 268 g/mol. The van der Waals surface area contributed by atoms with E-state index in [-0.39, 0.29) is 23.0 Å². The lowest BCUT2D eigenvalue weighted by Gasteiger charge is -2.19. The molecule has 1 aliphatic rings. The fourth-order valence-corrected chi connectivity index (χ4v) is 2.59. The summed E-state index contributed by atoms with van der Waals surface area (Å²) in [5, 5.41) is 3.17. The molecule has 1 aromatic rings. The molecule has 118 valence electrons. The van der Waals surface area contributed by atoms with Crippen LogP contribution in [0.5, 0.6) is 0 Å². The topological polar surface area (TPSA) is 82.0 Å². The van der Waals surface area contributed by atoms with Crippen molar-refractivity contribution in [1.82, 2.24) is 9.13 Å². The third-order valence-corrected chi connectivity index (χ3v) is 4.16. The molecule has 1 unspecified atom stereocenters. The molecule has 0 aliphatic heterocycles. The van der Waals surface area contributed by atoms with Crippen LogP contribution in [0.4, 0.5) is 11.5 Å². The molecule has 0 bridgehead atoms. The Morgan fingerprint density at radius 1 is 1.29 bits per heavy atom. The van der Waals surface area contributed by atoms with Crippen molar-refractivity contribution >= 4 is 11.5 Å². The second kappa shape index (κ2) is 5.95. The molecule has 1 heterocycles. The van der Waals surface area contributed by atoms with Crippen LogP contribution < -0.4 is 22.3 Å². The Balaban J connectivity index is 2.32. The number of nitrogen functional groups attached to an aromatic ring is 1. The van der Waals surface area contributed by atoms with Crippen LogP contribution in [0.1, 0.15) is 33.6 Å².